The van der Waals surface area contributed by atoms with Crippen LogP contribution in [0.2, 0.25) is 0 Å². The van der Waals surface area contributed by atoms with Gasteiger partial charge in [0.1, 0.15) is 0 Å². The summed E-state index contributed by atoms with van der Waals surface area (Å²) in [4.78, 5) is 16.4. The minimum atomic E-state index is -0.0959. The highest BCUT2D eigenvalue weighted by Gasteiger charge is 2.07. The van der Waals surface area contributed by atoms with E-state index in [4.69, 9.17) is 0 Å². The van der Waals surface area contributed by atoms with E-state index >= 15 is 0 Å². The lowest BCUT2D eigenvalue weighted by molar-refractivity contribution is 0.102. The summed E-state index contributed by atoms with van der Waals surface area (Å²) in [6.45, 7) is 5.05. The molecule has 0 atom stereocenters. The first-order valence-corrected chi connectivity index (χ1v) is 8.08. The Kier molecular flexibility index (Phi) is 4.75. The van der Waals surface area contributed by atoms with Gasteiger partial charge in [-0.1, -0.05) is 38.1 Å². The van der Waals surface area contributed by atoms with Gasteiger partial charge in [0.05, 0.1) is 6.33 Å². The number of amides is 1. The van der Waals surface area contributed by atoms with Gasteiger partial charge in [0.25, 0.3) is 5.91 Å². The lowest BCUT2D eigenvalue weighted by Crippen LogP contribution is -2.12. The molecule has 0 saturated carbocycles. The molecule has 0 spiro atoms. The normalized spacial score (nSPS) is 10.8. The zero-order chi connectivity index (χ0) is 16.9. The standard InChI is InChI=1S/C20H21N3O/c1-15(2)17-7-9-19(10-8-17)22-20(24)18-5-3-16(4-6-18)13-23-12-11-21-14-23/h3-12,14-15H,13H2,1-2H3,(H,22,24). The van der Waals surface area contributed by atoms with Crippen molar-refractivity contribution in [3.8, 4) is 0 Å². The SMILES string of the molecule is CC(C)c1ccc(NC(=O)c2ccc(Cn3ccnc3)cc2)cc1. The van der Waals surface area contributed by atoms with Gasteiger partial charge in [-0.3, -0.25) is 4.79 Å². The molecule has 0 aliphatic heterocycles. The van der Waals surface area contributed by atoms with Crippen LogP contribution in [0.3, 0.4) is 0 Å². The summed E-state index contributed by atoms with van der Waals surface area (Å²) in [6.07, 6.45) is 5.45. The van der Waals surface area contributed by atoms with Crippen molar-refractivity contribution in [1.29, 1.82) is 0 Å². The summed E-state index contributed by atoms with van der Waals surface area (Å²) in [5.41, 5.74) is 3.85. The van der Waals surface area contributed by atoms with Crippen molar-refractivity contribution in [3.63, 3.8) is 0 Å². The van der Waals surface area contributed by atoms with E-state index < -0.39 is 0 Å². The third-order valence-electron chi connectivity index (χ3n) is 3.98. The van der Waals surface area contributed by atoms with E-state index in [2.05, 4.69) is 36.3 Å². The van der Waals surface area contributed by atoms with Crippen molar-refractivity contribution in [1.82, 2.24) is 9.55 Å². The number of anilines is 1. The molecule has 1 heterocycles. The van der Waals surface area contributed by atoms with Crippen LogP contribution < -0.4 is 5.32 Å². The van der Waals surface area contributed by atoms with Crippen molar-refractivity contribution < 1.29 is 4.79 Å². The molecule has 0 unspecified atom stereocenters. The molecule has 4 nitrogen and oxygen atoms in total. The smallest absolute Gasteiger partial charge is 0.255 e. The van der Waals surface area contributed by atoms with Crippen molar-refractivity contribution in [2.24, 2.45) is 0 Å². The summed E-state index contributed by atoms with van der Waals surface area (Å²) in [6, 6.07) is 15.6. The van der Waals surface area contributed by atoms with Crippen LogP contribution in [-0.2, 0) is 6.54 Å². The van der Waals surface area contributed by atoms with Gasteiger partial charge in [0, 0.05) is 30.2 Å². The average Bonchev–Trinajstić information content (AvgIpc) is 3.09. The van der Waals surface area contributed by atoms with Crippen LogP contribution in [0, 0.1) is 0 Å². The molecule has 1 N–H and O–H groups in total. The number of nitrogens with zero attached hydrogens (tertiary/aromatic N) is 2. The predicted molar refractivity (Wildman–Crippen MR) is 96.3 cm³/mol. The first kappa shape index (κ1) is 16.0. The van der Waals surface area contributed by atoms with E-state index in [1.807, 2.05) is 47.2 Å². The second-order valence-electron chi connectivity index (χ2n) is 6.16. The zero-order valence-electron chi connectivity index (χ0n) is 13.9. The van der Waals surface area contributed by atoms with Gasteiger partial charge in [-0.25, -0.2) is 4.98 Å². The maximum absolute atomic E-state index is 12.3. The second-order valence-corrected chi connectivity index (χ2v) is 6.16. The zero-order valence-corrected chi connectivity index (χ0v) is 13.9. The van der Waals surface area contributed by atoms with Crippen molar-refractivity contribution in [2.45, 2.75) is 26.3 Å². The number of benzene rings is 2. The fourth-order valence-corrected chi connectivity index (χ4v) is 2.51. The number of rotatable bonds is 5. The Morgan fingerprint density at radius 3 is 2.38 bits per heavy atom. The number of nitrogens with one attached hydrogen (secondary N) is 1. The molecule has 4 heteroatoms. The number of carbonyl (C=O) groups is 1. The summed E-state index contributed by atoms with van der Waals surface area (Å²) in [5.74, 6) is 0.388. The third-order valence-corrected chi connectivity index (χ3v) is 3.98. The fourth-order valence-electron chi connectivity index (χ4n) is 2.51. The number of imidazole rings is 1. The van der Waals surface area contributed by atoms with Crippen LogP contribution in [0.25, 0.3) is 0 Å². The molecule has 3 rings (SSSR count). The average molecular weight is 319 g/mol. The first-order chi connectivity index (χ1) is 11.6. The third kappa shape index (κ3) is 3.90. The molecule has 1 amide bonds. The highest BCUT2D eigenvalue weighted by molar-refractivity contribution is 6.04. The van der Waals surface area contributed by atoms with E-state index in [9.17, 15) is 4.79 Å². The van der Waals surface area contributed by atoms with E-state index in [0.717, 1.165) is 17.8 Å². The van der Waals surface area contributed by atoms with Gasteiger partial charge in [-0.15, -0.1) is 0 Å². The largest absolute Gasteiger partial charge is 0.333 e. The molecule has 0 aliphatic carbocycles. The predicted octanol–water partition coefficient (Wildman–Crippen LogP) is 4.31. The summed E-state index contributed by atoms with van der Waals surface area (Å²) in [5, 5.41) is 2.94. The van der Waals surface area contributed by atoms with E-state index in [1.54, 1.807) is 12.5 Å². The number of hydrogen-bond acceptors (Lipinski definition) is 2. The Balaban J connectivity index is 1.64. The lowest BCUT2D eigenvalue weighted by atomic mass is 10.0. The van der Waals surface area contributed by atoms with Gasteiger partial charge < -0.3 is 9.88 Å². The molecule has 2 aromatic carbocycles. The molecule has 24 heavy (non-hydrogen) atoms. The van der Waals surface area contributed by atoms with Crippen LogP contribution >= 0.6 is 0 Å². The monoisotopic (exact) mass is 319 g/mol. The quantitative estimate of drug-likeness (QED) is 0.762. The molecule has 3 aromatic rings. The first-order valence-electron chi connectivity index (χ1n) is 8.08. The summed E-state index contributed by atoms with van der Waals surface area (Å²) in [7, 11) is 0. The van der Waals surface area contributed by atoms with Gasteiger partial charge in [0.15, 0.2) is 0 Å². The Morgan fingerprint density at radius 2 is 1.79 bits per heavy atom. The van der Waals surface area contributed by atoms with Crippen molar-refractivity contribution in [2.75, 3.05) is 5.32 Å². The molecule has 0 bridgehead atoms. The summed E-state index contributed by atoms with van der Waals surface area (Å²) < 4.78 is 1.99. The Bertz CT molecular complexity index is 788. The summed E-state index contributed by atoms with van der Waals surface area (Å²) >= 11 is 0. The van der Waals surface area contributed by atoms with Gasteiger partial charge in [-0.05, 0) is 41.3 Å². The topological polar surface area (TPSA) is 46.9 Å². The molecule has 0 fully saturated rings. The van der Waals surface area contributed by atoms with Crippen LogP contribution in [0.4, 0.5) is 5.69 Å². The molecular formula is C20H21N3O. The maximum Gasteiger partial charge on any atom is 0.255 e. The molecule has 122 valence electrons. The van der Waals surface area contributed by atoms with Crippen molar-refractivity contribution in [3.05, 3.63) is 83.9 Å². The van der Waals surface area contributed by atoms with Crippen LogP contribution in [0.1, 0.15) is 41.3 Å². The van der Waals surface area contributed by atoms with Crippen LogP contribution in [0.15, 0.2) is 67.3 Å². The Morgan fingerprint density at radius 1 is 1.08 bits per heavy atom. The minimum Gasteiger partial charge on any atom is -0.333 e. The van der Waals surface area contributed by atoms with E-state index in [-0.39, 0.29) is 5.91 Å². The lowest BCUT2D eigenvalue weighted by Gasteiger charge is -2.09. The fraction of sp³-hybridized carbons (Fsp3) is 0.200. The second kappa shape index (κ2) is 7.13. The minimum absolute atomic E-state index is 0.0959. The number of carbonyl (C=O) groups excluding carboxylic acids is 1. The Labute approximate surface area is 142 Å². The molecule has 1 aromatic heterocycles. The van der Waals surface area contributed by atoms with Gasteiger partial charge >= 0.3 is 0 Å². The van der Waals surface area contributed by atoms with Crippen LogP contribution in [0.5, 0.6) is 0 Å². The van der Waals surface area contributed by atoms with Crippen LogP contribution in [-0.4, -0.2) is 15.5 Å². The van der Waals surface area contributed by atoms with E-state index in [1.165, 1.54) is 5.56 Å². The highest BCUT2D eigenvalue weighted by atomic mass is 16.1. The van der Waals surface area contributed by atoms with Crippen molar-refractivity contribution >= 4 is 11.6 Å². The number of hydrogen-bond donors (Lipinski definition) is 1. The molecular weight excluding hydrogens is 298 g/mol. The van der Waals surface area contributed by atoms with Gasteiger partial charge in [-0.2, -0.15) is 0 Å². The molecule has 0 radical (unpaired) electrons. The maximum atomic E-state index is 12.3. The van der Waals surface area contributed by atoms with Gasteiger partial charge in [0.2, 0.25) is 0 Å². The van der Waals surface area contributed by atoms with E-state index in [0.29, 0.717) is 11.5 Å². The number of aromatic nitrogens is 2. The molecule has 0 aliphatic rings. The highest BCUT2D eigenvalue weighted by Crippen LogP contribution is 2.18. The Hall–Kier alpha value is -2.88. The molecule has 0 saturated heterocycles.